The highest BCUT2D eigenvalue weighted by atomic mass is 32.2. The van der Waals surface area contributed by atoms with E-state index in [0.29, 0.717) is 31.9 Å². The van der Waals surface area contributed by atoms with E-state index >= 15 is 0 Å². The number of sulfonamides is 1. The number of esters is 1. The van der Waals surface area contributed by atoms with Crippen LogP contribution in [0.15, 0.2) is 82.3 Å². The molecule has 1 aliphatic rings. The topological polar surface area (TPSA) is 117 Å². The third-order valence-electron chi connectivity index (χ3n) is 5.97. The van der Waals surface area contributed by atoms with Gasteiger partial charge < -0.3 is 19.0 Å². The van der Waals surface area contributed by atoms with Gasteiger partial charge >= 0.3 is 5.97 Å². The Balaban J connectivity index is 1.35. The van der Waals surface area contributed by atoms with E-state index in [0.717, 1.165) is 0 Å². The predicted octanol–water partition coefficient (Wildman–Crippen LogP) is 2.64. The summed E-state index contributed by atoms with van der Waals surface area (Å²) in [6, 6.07) is 17.4. The maximum atomic E-state index is 13.2. The maximum absolute atomic E-state index is 13.2. The van der Waals surface area contributed by atoms with Crippen LogP contribution in [0.25, 0.3) is 0 Å². The van der Waals surface area contributed by atoms with Crippen LogP contribution in [-0.4, -0.2) is 75.3 Å². The lowest BCUT2D eigenvalue weighted by Crippen LogP contribution is -2.51. The van der Waals surface area contributed by atoms with Gasteiger partial charge in [0, 0.05) is 32.7 Å². The first-order valence-electron chi connectivity index (χ1n) is 11.8. The molecule has 0 N–H and O–H groups in total. The lowest BCUT2D eigenvalue weighted by Gasteiger charge is -2.34. The predicted molar refractivity (Wildman–Crippen MR) is 135 cm³/mol. The standard InChI is InChI=1S/C26H27N3O7S/c1-2-29(21-9-4-3-5-10-21)37(33,34)22-11-6-8-20(18-22)26(32)36-19-24(30)27-13-15-28(16-14-27)25(31)23-12-7-17-35-23/h3-12,17-18H,2,13-16,19H2,1H3. The minimum Gasteiger partial charge on any atom is -0.459 e. The first kappa shape index (κ1) is 26.0. The fourth-order valence-corrected chi connectivity index (χ4v) is 5.53. The van der Waals surface area contributed by atoms with Crippen LogP contribution in [-0.2, 0) is 19.6 Å². The van der Waals surface area contributed by atoms with Crippen molar-refractivity contribution in [3.63, 3.8) is 0 Å². The zero-order chi connectivity index (χ0) is 26.4. The number of anilines is 1. The Kier molecular flexibility index (Phi) is 7.92. The summed E-state index contributed by atoms with van der Waals surface area (Å²) < 4.78 is 38.0. The van der Waals surface area contributed by atoms with Gasteiger partial charge in [-0.15, -0.1) is 0 Å². The van der Waals surface area contributed by atoms with Crippen LogP contribution in [0.5, 0.6) is 0 Å². The molecular formula is C26H27N3O7S. The molecule has 0 atom stereocenters. The summed E-state index contributed by atoms with van der Waals surface area (Å²) in [5, 5.41) is 0. The quantitative estimate of drug-likeness (QED) is 0.415. The molecule has 0 saturated carbocycles. The molecule has 2 amide bonds. The van der Waals surface area contributed by atoms with E-state index in [1.165, 1.54) is 39.7 Å². The first-order valence-corrected chi connectivity index (χ1v) is 13.2. The Hall–Kier alpha value is -4.12. The summed E-state index contributed by atoms with van der Waals surface area (Å²) in [6.45, 7) is 2.68. The molecule has 3 aromatic rings. The smallest absolute Gasteiger partial charge is 0.338 e. The van der Waals surface area contributed by atoms with E-state index < -0.39 is 28.5 Å². The van der Waals surface area contributed by atoms with Gasteiger partial charge in [-0.25, -0.2) is 13.2 Å². The second-order valence-corrected chi connectivity index (χ2v) is 10.1. The lowest BCUT2D eigenvalue weighted by molar-refractivity contribution is -0.136. The van der Waals surface area contributed by atoms with Gasteiger partial charge in [0.15, 0.2) is 12.4 Å². The van der Waals surface area contributed by atoms with Crippen LogP contribution in [0.1, 0.15) is 27.8 Å². The molecule has 4 rings (SSSR count). The number of hydrogen-bond acceptors (Lipinski definition) is 7. The molecule has 2 aromatic carbocycles. The summed E-state index contributed by atoms with van der Waals surface area (Å²) in [7, 11) is -3.93. The van der Waals surface area contributed by atoms with Gasteiger partial charge in [0.05, 0.1) is 22.4 Å². The third-order valence-corrected chi connectivity index (χ3v) is 7.87. The molecule has 0 bridgehead atoms. The highest BCUT2D eigenvalue weighted by Crippen LogP contribution is 2.24. The van der Waals surface area contributed by atoms with Crippen molar-refractivity contribution in [2.75, 3.05) is 43.6 Å². The van der Waals surface area contributed by atoms with Crippen molar-refractivity contribution in [3.8, 4) is 0 Å². The molecule has 0 radical (unpaired) electrons. The van der Waals surface area contributed by atoms with Crippen molar-refractivity contribution in [2.24, 2.45) is 0 Å². The number of carbonyl (C=O) groups is 3. The molecule has 0 spiro atoms. The summed E-state index contributed by atoms with van der Waals surface area (Å²) >= 11 is 0. The van der Waals surface area contributed by atoms with Crippen molar-refractivity contribution in [1.82, 2.24) is 9.80 Å². The van der Waals surface area contributed by atoms with E-state index in [2.05, 4.69) is 0 Å². The Morgan fingerprint density at radius 1 is 0.919 bits per heavy atom. The minimum absolute atomic E-state index is 0.0202. The number of furan rings is 1. The van der Waals surface area contributed by atoms with Crippen molar-refractivity contribution in [3.05, 3.63) is 84.3 Å². The van der Waals surface area contributed by atoms with Gasteiger partial charge in [-0.3, -0.25) is 13.9 Å². The first-order chi connectivity index (χ1) is 17.8. The average molecular weight is 526 g/mol. The van der Waals surface area contributed by atoms with Crippen LogP contribution >= 0.6 is 0 Å². The van der Waals surface area contributed by atoms with Crippen LogP contribution < -0.4 is 4.31 Å². The minimum atomic E-state index is -3.93. The van der Waals surface area contributed by atoms with E-state index in [1.54, 1.807) is 54.3 Å². The van der Waals surface area contributed by atoms with Gasteiger partial charge in [0.2, 0.25) is 0 Å². The largest absolute Gasteiger partial charge is 0.459 e. The second-order valence-electron chi connectivity index (χ2n) is 8.26. The molecule has 37 heavy (non-hydrogen) atoms. The Labute approximate surface area is 215 Å². The van der Waals surface area contributed by atoms with Gasteiger partial charge in [0.25, 0.3) is 21.8 Å². The molecule has 10 nitrogen and oxygen atoms in total. The highest BCUT2D eigenvalue weighted by Gasteiger charge is 2.27. The van der Waals surface area contributed by atoms with E-state index in [1.807, 2.05) is 0 Å². The molecule has 0 unspecified atom stereocenters. The number of ether oxygens (including phenoxy) is 1. The average Bonchev–Trinajstić information content (AvgIpc) is 3.47. The fourth-order valence-electron chi connectivity index (χ4n) is 4.01. The number of benzene rings is 2. The van der Waals surface area contributed by atoms with Gasteiger partial charge in [-0.1, -0.05) is 24.3 Å². The summed E-state index contributed by atoms with van der Waals surface area (Å²) in [5.74, 6) is -1.21. The molecule has 11 heteroatoms. The zero-order valence-corrected chi connectivity index (χ0v) is 21.1. The number of piperazine rings is 1. The molecule has 1 fully saturated rings. The van der Waals surface area contributed by atoms with Crippen molar-refractivity contribution >= 4 is 33.5 Å². The Morgan fingerprint density at radius 2 is 1.62 bits per heavy atom. The van der Waals surface area contributed by atoms with E-state index in [9.17, 15) is 22.8 Å². The number of carbonyl (C=O) groups excluding carboxylic acids is 3. The Morgan fingerprint density at radius 3 is 2.27 bits per heavy atom. The number of nitrogens with zero attached hydrogens (tertiary/aromatic N) is 3. The number of para-hydroxylation sites is 1. The molecular weight excluding hydrogens is 498 g/mol. The third kappa shape index (κ3) is 5.83. The van der Waals surface area contributed by atoms with Gasteiger partial charge in [-0.2, -0.15) is 0 Å². The Bertz CT molecular complexity index is 1350. The van der Waals surface area contributed by atoms with Crippen LogP contribution in [0.2, 0.25) is 0 Å². The van der Waals surface area contributed by atoms with E-state index in [4.69, 9.17) is 9.15 Å². The van der Waals surface area contributed by atoms with Crippen LogP contribution in [0.4, 0.5) is 5.69 Å². The van der Waals surface area contributed by atoms with Crippen molar-refractivity contribution in [1.29, 1.82) is 0 Å². The molecule has 1 aromatic heterocycles. The summed E-state index contributed by atoms with van der Waals surface area (Å²) in [4.78, 5) is 40.6. The summed E-state index contributed by atoms with van der Waals surface area (Å²) in [6.07, 6.45) is 1.43. The fraction of sp³-hybridized carbons (Fsp3) is 0.269. The molecule has 1 aliphatic heterocycles. The second kappa shape index (κ2) is 11.3. The van der Waals surface area contributed by atoms with Crippen molar-refractivity contribution in [2.45, 2.75) is 11.8 Å². The van der Waals surface area contributed by atoms with Crippen LogP contribution in [0, 0.1) is 0 Å². The lowest BCUT2D eigenvalue weighted by atomic mass is 10.2. The van der Waals surface area contributed by atoms with E-state index in [-0.39, 0.29) is 28.7 Å². The van der Waals surface area contributed by atoms with Gasteiger partial charge in [-0.05, 0) is 49.4 Å². The van der Waals surface area contributed by atoms with Crippen LogP contribution in [0.3, 0.4) is 0 Å². The molecule has 194 valence electrons. The number of amides is 2. The number of rotatable bonds is 8. The highest BCUT2D eigenvalue weighted by molar-refractivity contribution is 7.92. The normalized spacial score (nSPS) is 13.8. The summed E-state index contributed by atoms with van der Waals surface area (Å²) in [5.41, 5.74) is 0.529. The van der Waals surface area contributed by atoms with Gasteiger partial charge in [0.1, 0.15) is 0 Å². The molecule has 2 heterocycles. The number of hydrogen-bond donors (Lipinski definition) is 0. The molecule has 1 saturated heterocycles. The zero-order valence-electron chi connectivity index (χ0n) is 20.3. The van der Waals surface area contributed by atoms with Crippen molar-refractivity contribution < 1.29 is 32.0 Å². The maximum Gasteiger partial charge on any atom is 0.338 e. The SMILES string of the molecule is CCN(c1ccccc1)S(=O)(=O)c1cccc(C(=O)OCC(=O)N2CCN(C(=O)c3ccco3)CC2)c1. The monoisotopic (exact) mass is 525 g/mol. The molecule has 0 aliphatic carbocycles.